The Labute approximate surface area is 106 Å². The van der Waals surface area contributed by atoms with E-state index < -0.39 is 0 Å². The maximum atomic E-state index is 12.1. The van der Waals surface area contributed by atoms with Gasteiger partial charge in [-0.3, -0.25) is 9.48 Å². The number of hydrogen-bond acceptors (Lipinski definition) is 3. The first-order chi connectivity index (χ1) is 8.72. The predicted octanol–water partition coefficient (Wildman–Crippen LogP) is 1.81. The van der Waals surface area contributed by atoms with E-state index >= 15 is 0 Å². The molecule has 4 nitrogen and oxygen atoms in total. The third kappa shape index (κ3) is 2.01. The lowest BCUT2D eigenvalue weighted by atomic mass is 10.0. The van der Waals surface area contributed by atoms with E-state index in [1.54, 1.807) is 4.68 Å². The fraction of sp³-hybridized carbons (Fsp3) is 0.286. The summed E-state index contributed by atoms with van der Waals surface area (Å²) in [6.07, 6.45) is 3.26. The molecule has 1 aliphatic rings. The van der Waals surface area contributed by atoms with Gasteiger partial charge >= 0.3 is 0 Å². The lowest BCUT2D eigenvalue weighted by Crippen LogP contribution is -2.05. The van der Waals surface area contributed by atoms with Gasteiger partial charge in [0.1, 0.15) is 0 Å². The molecule has 2 heterocycles. The summed E-state index contributed by atoms with van der Waals surface area (Å²) >= 11 is 0. The van der Waals surface area contributed by atoms with E-state index in [2.05, 4.69) is 10.4 Å². The Bertz CT molecular complexity index is 601. The van der Waals surface area contributed by atoms with Gasteiger partial charge in [0.15, 0.2) is 5.78 Å². The first-order valence-electron chi connectivity index (χ1n) is 6.11. The molecule has 18 heavy (non-hydrogen) atoms. The van der Waals surface area contributed by atoms with Crippen LogP contribution in [0, 0.1) is 0 Å². The lowest BCUT2D eigenvalue weighted by Gasteiger charge is -2.03. The van der Waals surface area contributed by atoms with Crippen molar-refractivity contribution in [3.8, 4) is 0 Å². The van der Waals surface area contributed by atoms with Crippen LogP contribution in [-0.4, -0.2) is 22.1 Å². The van der Waals surface area contributed by atoms with Gasteiger partial charge in [0.2, 0.25) is 0 Å². The third-order valence-corrected chi connectivity index (χ3v) is 3.25. The molecule has 1 aromatic heterocycles. The maximum absolute atomic E-state index is 12.1. The van der Waals surface area contributed by atoms with Crippen molar-refractivity contribution >= 4 is 11.5 Å². The Balaban J connectivity index is 1.80. The minimum atomic E-state index is 0.116. The zero-order valence-corrected chi connectivity index (χ0v) is 10.3. The van der Waals surface area contributed by atoms with Crippen molar-refractivity contribution in [3.63, 3.8) is 0 Å². The first kappa shape index (κ1) is 11.0. The minimum Gasteiger partial charge on any atom is -0.384 e. The van der Waals surface area contributed by atoms with Crippen LogP contribution in [0.3, 0.4) is 0 Å². The molecule has 1 aliphatic heterocycles. The van der Waals surface area contributed by atoms with Crippen LogP contribution in [0.2, 0.25) is 0 Å². The van der Waals surface area contributed by atoms with Crippen molar-refractivity contribution < 1.29 is 4.79 Å². The van der Waals surface area contributed by atoms with Gasteiger partial charge in [-0.05, 0) is 24.1 Å². The molecule has 2 aromatic rings. The van der Waals surface area contributed by atoms with Crippen LogP contribution < -0.4 is 5.32 Å². The van der Waals surface area contributed by atoms with Gasteiger partial charge in [0.25, 0.3) is 0 Å². The van der Waals surface area contributed by atoms with Gasteiger partial charge in [0.05, 0.1) is 12.1 Å². The van der Waals surface area contributed by atoms with Crippen molar-refractivity contribution in [1.82, 2.24) is 9.78 Å². The van der Waals surface area contributed by atoms with Crippen molar-refractivity contribution in [2.45, 2.75) is 12.8 Å². The molecular weight excluding hydrogens is 226 g/mol. The van der Waals surface area contributed by atoms with E-state index in [4.69, 9.17) is 0 Å². The molecular formula is C14H15N3O. The largest absolute Gasteiger partial charge is 0.384 e. The van der Waals surface area contributed by atoms with E-state index in [-0.39, 0.29) is 5.78 Å². The zero-order chi connectivity index (χ0) is 12.5. The summed E-state index contributed by atoms with van der Waals surface area (Å²) in [6.45, 7) is 0.965. The van der Waals surface area contributed by atoms with Crippen molar-refractivity contribution in [1.29, 1.82) is 0 Å². The van der Waals surface area contributed by atoms with Gasteiger partial charge in [-0.25, -0.2) is 0 Å². The molecule has 0 saturated heterocycles. The second-order valence-corrected chi connectivity index (χ2v) is 4.63. The smallest absolute Gasteiger partial charge is 0.168 e. The monoisotopic (exact) mass is 241 g/mol. The van der Waals surface area contributed by atoms with Gasteiger partial charge in [-0.15, -0.1) is 0 Å². The van der Waals surface area contributed by atoms with E-state index in [9.17, 15) is 4.79 Å². The number of benzene rings is 1. The molecule has 4 heteroatoms. The number of aryl methyl sites for hydroxylation is 1. The molecule has 0 aliphatic carbocycles. The number of carbonyl (C=O) groups excluding carboxylic acids is 1. The molecule has 0 saturated carbocycles. The van der Waals surface area contributed by atoms with Crippen molar-refractivity contribution in [2.75, 3.05) is 11.9 Å². The number of carbonyl (C=O) groups is 1. The fourth-order valence-corrected chi connectivity index (χ4v) is 2.29. The SMILES string of the molecule is Cn1ccc(CC(=O)c2ccc3c(c2)NCC3)n1. The number of fused-ring (bicyclic) bond motifs is 1. The number of aromatic nitrogens is 2. The molecule has 1 aromatic carbocycles. The molecule has 0 amide bonds. The Morgan fingerprint density at radius 3 is 3.11 bits per heavy atom. The Morgan fingerprint density at radius 1 is 1.44 bits per heavy atom. The Hall–Kier alpha value is -2.10. The summed E-state index contributed by atoms with van der Waals surface area (Å²) in [7, 11) is 1.85. The normalized spacial score (nSPS) is 13.2. The van der Waals surface area contributed by atoms with Crippen molar-refractivity contribution in [3.05, 3.63) is 47.3 Å². The number of ketones is 1. The van der Waals surface area contributed by atoms with Crippen LogP contribution in [0.15, 0.2) is 30.5 Å². The van der Waals surface area contributed by atoms with Gasteiger partial charge in [0, 0.05) is 31.0 Å². The van der Waals surface area contributed by atoms with E-state index in [1.807, 2.05) is 37.5 Å². The van der Waals surface area contributed by atoms with E-state index in [1.165, 1.54) is 5.56 Å². The number of rotatable bonds is 3. The summed E-state index contributed by atoms with van der Waals surface area (Å²) in [4.78, 5) is 12.1. The summed E-state index contributed by atoms with van der Waals surface area (Å²) in [5, 5.41) is 7.52. The predicted molar refractivity (Wildman–Crippen MR) is 69.9 cm³/mol. The number of hydrogen-bond donors (Lipinski definition) is 1. The second kappa shape index (κ2) is 4.29. The fourth-order valence-electron chi connectivity index (χ4n) is 2.29. The first-order valence-corrected chi connectivity index (χ1v) is 6.11. The average Bonchev–Trinajstić information content (AvgIpc) is 2.96. The molecule has 3 rings (SSSR count). The van der Waals surface area contributed by atoms with Gasteiger partial charge < -0.3 is 5.32 Å². The van der Waals surface area contributed by atoms with E-state index in [0.29, 0.717) is 6.42 Å². The Morgan fingerprint density at radius 2 is 2.33 bits per heavy atom. The number of nitrogens with one attached hydrogen (secondary N) is 1. The summed E-state index contributed by atoms with van der Waals surface area (Å²) in [5.74, 6) is 0.116. The van der Waals surface area contributed by atoms with Crippen LogP contribution in [-0.2, 0) is 19.9 Å². The van der Waals surface area contributed by atoms with Crippen molar-refractivity contribution in [2.24, 2.45) is 7.05 Å². The van der Waals surface area contributed by atoms with E-state index in [0.717, 1.165) is 29.9 Å². The standard InChI is InChI=1S/C14H15N3O/c1-17-7-5-12(16-17)9-14(18)11-3-2-10-4-6-15-13(10)8-11/h2-3,5,7-8,15H,4,6,9H2,1H3. The topological polar surface area (TPSA) is 46.9 Å². The quantitative estimate of drug-likeness (QED) is 0.834. The van der Waals surface area contributed by atoms with Crippen LogP contribution in [0.25, 0.3) is 0 Å². The van der Waals surface area contributed by atoms with Gasteiger partial charge in [-0.1, -0.05) is 12.1 Å². The van der Waals surface area contributed by atoms with Gasteiger partial charge in [-0.2, -0.15) is 5.10 Å². The highest BCUT2D eigenvalue weighted by molar-refractivity contribution is 5.98. The third-order valence-electron chi connectivity index (χ3n) is 3.25. The number of anilines is 1. The highest BCUT2D eigenvalue weighted by Crippen LogP contribution is 2.23. The average molecular weight is 241 g/mol. The molecule has 1 N–H and O–H groups in total. The zero-order valence-electron chi connectivity index (χ0n) is 10.3. The molecule has 0 unspecified atom stereocenters. The number of Topliss-reactive ketones (excluding diaryl/α,β-unsaturated/α-hetero) is 1. The van der Waals surface area contributed by atoms with Crippen LogP contribution in [0.1, 0.15) is 21.6 Å². The maximum Gasteiger partial charge on any atom is 0.168 e. The summed E-state index contributed by atoms with van der Waals surface area (Å²) < 4.78 is 1.72. The molecule has 0 bridgehead atoms. The molecule has 0 atom stereocenters. The molecule has 0 fully saturated rings. The lowest BCUT2D eigenvalue weighted by molar-refractivity contribution is 0.0992. The van der Waals surface area contributed by atoms with Crippen LogP contribution in [0.4, 0.5) is 5.69 Å². The molecule has 0 spiro atoms. The molecule has 0 radical (unpaired) electrons. The minimum absolute atomic E-state index is 0.116. The number of nitrogens with zero attached hydrogens (tertiary/aromatic N) is 2. The Kier molecular flexibility index (Phi) is 2.63. The summed E-state index contributed by atoms with van der Waals surface area (Å²) in [6, 6.07) is 7.79. The summed E-state index contributed by atoms with van der Waals surface area (Å²) in [5.41, 5.74) is 3.97. The second-order valence-electron chi connectivity index (χ2n) is 4.63. The molecule has 92 valence electrons. The van der Waals surface area contributed by atoms with Crippen LogP contribution in [0.5, 0.6) is 0 Å². The van der Waals surface area contributed by atoms with Crippen LogP contribution >= 0.6 is 0 Å². The highest BCUT2D eigenvalue weighted by Gasteiger charge is 2.14. The highest BCUT2D eigenvalue weighted by atomic mass is 16.1.